The van der Waals surface area contributed by atoms with Gasteiger partial charge in [0.25, 0.3) is 0 Å². The second-order valence-electron chi connectivity index (χ2n) is 8.39. The third kappa shape index (κ3) is 5.88. The van der Waals surface area contributed by atoms with Gasteiger partial charge in [-0.25, -0.2) is 4.79 Å². The molecule has 0 saturated carbocycles. The Labute approximate surface area is 175 Å². The molecule has 2 heterocycles. The molecular weight excluding hydrogens is 368 g/mol. The van der Waals surface area contributed by atoms with E-state index in [4.69, 9.17) is 18.9 Å². The van der Waals surface area contributed by atoms with Crippen molar-refractivity contribution in [2.24, 2.45) is 0 Å². The largest absolute Gasteiger partial charge is 0.497 e. The summed E-state index contributed by atoms with van der Waals surface area (Å²) >= 11 is 0. The predicted octanol–water partition coefficient (Wildman–Crippen LogP) is 5.99. The minimum Gasteiger partial charge on any atom is -0.497 e. The van der Waals surface area contributed by atoms with Gasteiger partial charge in [0.15, 0.2) is 0 Å². The highest BCUT2D eigenvalue weighted by Crippen LogP contribution is 2.41. The van der Waals surface area contributed by atoms with Crippen LogP contribution in [0.4, 0.5) is 0 Å². The zero-order chi connectivity index (χ0) is 20.6. The fraction of sp³-hybridized carbons (Fsp3) is 0.708. The zero-order valence-corrected chi connectivity index (χ0v) is 18.2. The summed E-state index contributed by atoms with van der Waals surface area (Å²) in [7, 11) is 3.19. The quantitative estimate of drug-likeness (QED) is 0.316. The molecule has 5 nitrogen and oxygen atoms in total. The van der Waals surface area contributed by atoms with E-state index < -0.39 is 0 Å². The van der Waals surface area contributed by atoms with Gasteiger partial charge in [-0.1, -0.05) is 38.5 Å². The van der Waals surface area contributed by atoms with Crippen molar-refractivity contribution in [3.8, 4) is 11.5 Å². The molecule has 0 amide bonds. The van der Waals surface area contributed by atoms with Crippen molar-refractivity contribution in [3.63, 3.8) is 0 Å². The van der Waals surface area contributed by atoms with Gasteiger partial charge in [-0.15, -0.1) is 0 Å². The molecule has 3 atom stereocenters. The van der Waals surface area contributed by atoms with Crippen molar-refractivity contribution in [1.82, 2.24) is 0 Å². The smallest absolute Gasteiger partial charge is 0.342 e. The molecular formula is C24H36O5. The van der Waals surface area contributed by atoms with Crippen LogP contribution in [0.3, 0.4) is 0 Å². The van der Waals surface area contributed by atoms with E-state index in [2.05, 4.69) is 6.92 Å². The Balaban J connectivity index is 1.31. The number of hydrogen-bond donors (Lipinski definition) is 0. The van der Waals surface area contributed by atoms with Crippen molar-refractivity contribution >= 4 is 5.97 Å². The average Bonchev–Trinajstić information content (AvgIpc) is 3.28. The standard InChI is InChI=1S/C24H36O5/c1-17-13-14-18(28-17)11-9-7-5-4-6-8-10-12-21-20-15-19(26-2)16-22(27-3)23(20)24(25)29-21/h15-18,21H,4-14H2,1-3H3. The summed E-state index contributed by atoms with van der Waals surface area (Å²) in [5.74, 6) is 0.941. The maximum absolute atomic E-state index is 12.3. The number of carbonyl (C=O) groups excluding carboxylic acids is 1. The predicted molar refractivity (Wildman–Crippen MR) is 113 cm³/mol. The van der Waals surface area contributed by atoms with Crippen LogP contribution in [-0.4, -0.2) is 32.4 Å². The monoisotopic (exact) mass is 404 g/mol. The molecule has 5 heteroatoms. The summed E-state index contributed by atoms with van der Waals surface area (Å²) in [6, 6.07) is 3.64. The third-order valence-corrected chi connectivity index (χ3v) is 6.17. The highest BCUT2D eigenvalue weighted by Gasteiger charge is 2.34. The zero-order valence-electron chi connectivity index (χ0n) is 18.2. The molecule has 3 rings (SSSR count). The van der Waals surface area contributed by atoms with E-state index in [0.717, 1.165) is 18.4 Å². The summed E-state index contributed by atoms with van der Waals surface area (Å²) in [6.45, 7) is 2.18. The molecule has 0 radical (unpaired) electrons. The molecule has 0 aromatic heterocycles. The Morgan fingerprint density at radius 2 is 1.62 bits per heavy atom. The lowest BCUT2D eigenvalue weighted by atomic mass is 9.98. The average molecular weight is 405 g/mol. The number of benzene rings is 1. The van der Waals surface area contributed by atoms with E-state index in [1.807, 2.05) is 6.07 Å². The van der Waals surface area contributed by atoms with Gasteiger partial charge < -0.3 is 18.9 Å². The van der Waals surface area contributed by atoms with Crippen LogP contribution < -0.4 is 9.47 Å². The Morgan fingerprint density at radius 1 is 0.931 bits per heavy atom. The number of rotatable bonds is 12. The molecule has 0 N–H and O–H groups in total. The lowest BCUT2D eigenvalue weighted by Gasteiger charge is -2.12. The Hall–Kier alpha value is -1.75. The van der Waals surface area contributed by atoms with Crippen LogP contribution in [0.15, 0.2) is 12.1 Å². The van der Waals surface area contributed by atoms with Crippen LogP contribution in [0.5, 0.6) is 11.5 Å². The van der Waals surface area contributed by atoms with Gasteiger partial charge in [-0.2, -0.15) is 0 Å². The van der Waals surface area contributed by atoms with Gasteiger partial charge in [-0.3, -0.25) is 0 Å². The number of esters is 1. The fourth-order valence-electron chi connectivity index (χ4n) is 4.51. The highest BCUT2D eigenvalue weighted by molar-refractivity contribution is 5.97. The van der Waals surface area contributed by atoms with E-state index in [-0.39, 0.29) is 12.1 Å². The molecule has 0 aliphatic carbocycles. The molecule has 3 unspecified atom stereocenters. The molecule has 1 aromatic rings. The minimum absolute atomic E-state index is 0.185. The van der Waals surface area contributed by atoms with Gasteiger partial charge in [0.2, 0.25) is 0 Å². The van der Waals surface area contributed by atoms with Crippen molar-refractivity contribution in [2.45, 2.75) is 95.9 Å². The van der Waals surface area contributed by atoms with Gasteiger partial charge in [0.1, 0.15) is 23.2 Å². The van der Waals surface area contributed by atoms with Crippen molar-refractivity contribution in [2.75, 3.05) is 14.2 Å². The van der Waals surface area contributed by atoms with Gasteiger partial charge in [0, 0.05) is 11.6 Å². The molecule has 1 fully saturated rings. The number of ether oxygens (including phenoxy) is 4. The summed E-state index contributed by atoms with van der Waals surface area (Å²) in [4.78, 5) is 12.3. The third-order valence-electron chi connectivity index (χ3n) is 6.17. The number of unbranched alkanes of at least 4 members (excludes halogenated alkanes) is 6. The van der Waals surface area contributed by atoms with Crippen LogP contribution in [0.25, 0.3) is 0 Å². The first-order valence-electron chi connectivity index (χ1n) is 11.2. The summed E-state index contributed by atoms with van der Waals surface area (Å²) < 4.78 is 22.2. The number of carbonyl (C=O) groups is 1. The number of methoxy groups -OCH3 is 2. The van der Waals surface area contributed by atoms with E-state index in [9.17, 15) is 4.79 Å². The van der Waals surface area contributed by atoms with Crippen molar-refractivity contribution in [1.29, 1.82) is 0 Å². The first-order chi connectivity index (χ1) is 14.1. The summed E-state index contributed by atoms with van der Waals surface area (Å²) in [6.07, 6.45) is 14.0. The number of hydrogen-bond acceptors (Lipinski definition) is 5. The summed E-state index contributed by atoms with van der Waals surface area (Å²) in [5.41, 5.74) is 1.45. The normalized spacial score (nSPS) is 23.1. The first-order valence-corrected chi connectivity index (χ1v) is 11.2. The van der Waals surface area contributed by atoms with Gasteiger partial charge in [0.05, 0.1) is 26.4 Å². The van der Waals surface area contributed by atoms with Gasteiger partial charge in [-0.05, 0) is 45.1 Å². The molecule has 162 valence electrons. The van der Waals surface area contributed by atoms with Crippen LogP contribution in [0, 0.1) is 0 Å². The maximum Gasteiger partial charge on any atom is 0.342 e. The van der Waals surface area contributed by atoms with Crippen LogP contribution in [0.1, 0.15) is 99.6 Å². The second kappa shape index (κ2) is 10.9. The summed E-state index contributed by atoms with van der Waals surface area (Å²) in [5, 5.41) is 0. The topological polar surface area (TPSA) is 54.0 Å². The highest BCUT2D eigenvalue weighted by atomic mass is 16.6. The van der Waals surface area contributed by atoms with E-state index >= 15 is 0 Å². The van der Waals surface area contributed by atoms with Crippen LogP contribution in [-0.2, 0) is 9.47 Å². The molecule has 1 aromatic carbocycles. The SMILES string of the molecule is COc1cc(OC)c2c(c1)C(CCCCCCCCCC1CCC(C)O1)OC2=O. The molecule has 2 aliphatic rings. The molecule has 0 bridgehead atoms. The van der Waals surface area contributed by atoms with Crippen molar-refractivity contribution in [3.05, 3.63) is 23.3 Å². The maximum atomic E-state index is 12.3. The Kier molecular flexibility index (Phi) is 8.22. The number of cyclic esters (lactones) is 1. The molecule has 2 aliphatic heterocycles. The lowest BCUT2D eigenvalue weighted by molar-refractivity contribution is 0.0361. The van der Waals surface area contributed by atoms with Gasteiger partial charge >= 0.3 is 5.97 Å². The Morgan fingerprint density at radius 3 is 2.24 bits per heavy atom. The number of fused-ring (bicyclic) bond motifs is 1. The minimum atomic E-state index is -0.287. The Bertz CT molecular complexity index is 671. The first kappa shape index (κ1) is 21.9. The van der Waals surface area contributed by atoms with E-state index in [1.54, 1.807) is 20.3 Å². The van der Waals surface area contributed by atoms with E-state index in [1.165, 1.54) is 57.8 Å². The molecule has 0 spiro atoms. The lowest BCUT2D eigenvalue weighted by Crippen LogP contribution is -2.07. The van der Waals surface area contributed by atoms with Crippen molar-refractivity contribution < 1.29 is 23.7 Å². The van der Waals surface area contributed by atoms with Crippen LogP contribution >= 0.6 is 0 Å². The fourth-order valence-corrected chi connectivity index (χ4v) is 4.51. The second-order valence-corrected chi connectivity index (χ2v) is 8.39. The van der Waals surface area contributed by atoms with E-state index in [0.29, 0.717) is 29.3 Å². The molecule has 1 saturated heterocycles. The van der Waals surface area contributed by atoms with Crippen LogP contribution in [0.2, 0.25) is 0 Å². The molecule has 29 heavy (non-hydrogen) atoms.